The van der Waals surface area contributed by atoms with E-state index in [1.807, 2.05) is 13.8 Å². The average molecular weight is 344 g/mol. The largest absolute Gasteiger partial charge is 0.396 e. The lowest BCUT2D eigenvalue weighted by molar-refractivity contribution is -0.120. The van der Waals surface area contributed by atoms with Crippen molar-refractivity contribution < 1.29 is 9.90 Å². The van der Waals surface area contributed by atoms with E-state index in [2.05, 4.69) is 29.1 Å². The molecule has 0 unspecified atom stereocenters. The minimum Gasteiger partial charge on any atom is -0.396 e. The average Bonchev–Trinajstić information content (AvgIpc) is 2.50. The van der Waals surface area contributed by atoms with Crippen LogP contribution in [0.1, 0.15) is 46.5 Å². The smallest absolute Gasteiger partial charge is 0.221 e. The van der Waals surface area contributed by atoms with Gasteiger partial charge in [0.15, 0.2) is 0 Å². The zero-order valence-corrected chi connectivity index (χ0v) is 15.9. The van der Waals surface area contributed by atoms with Gasteiger partial charge in [-0.05, 0) is 16.7 Å². The van der Waals surface area contributed by atoms with Crippen LogP contribution in [0.15, 0.2) is 16.5 Å². The van der Waals surface area contributed by atoms with Gasteiger partial charge in [0.05, 0.1) is 5.84 Å². The van der Waals surface area contributed by atoms with E-state index in [-0.39, 0.29) is 17.9 Å². The summed E-state index contributed by atoms with van der Waals surface area (Å²) in [4.78, 5) is 17.1. The minimum atomic E-state index is -0.206. The van der Waals surface area contributed by atoms with Crippen LogP contribution in [0.25, 0.3) is 0 Å². The molecular weight excluding hydrogens is 310 g/mol. The predicted octanol–water partition coefficient (Wildman–Crippen LogP) is 2.57. The van der Waals surface area contributed by atoms with Crippen molar-refractivity contribution in [3.8, 4) is 0 Å². The van der Waals surface area contributed by atoms with Crippen molar-refractivity contribution >= 4 is 23.5 Å². The number of aliphatic hydroxyl groups excluding tert-OH is 1. The number of hydrogen-bond donors (Lipinski definition) is 3. The molecule has 3 N–H and O–H groups in total. The van der Waals surface area contributed by atoms with Gasteiger partial charge in [0.2, 0.25) is 5.91 Å². The Labute approximate surface area is 145 Å². The van der Waals surface area contributed by atoms with Crippen LogP contribution < -0.4 is 10.6 Å². The number of allylic oxidation sites excluding steroid dienone is 1. The summed E-state index contributed by atoms with van der Waals surface area (Å²) in [5.74, 6) is 1.73. The van der Waals surface area contributed by atoms with E-state index in [0.717, 1.165) is 24.4 Å². The van der Waals surface area contributed by atoms with Crippen LogP contribution >= 0.6 is 11.8 Å². The van der Waals surface area contributed by atoms with E-state index < -0.39 is 0 Å². The Hall–Kier alpha value is -1.01. The second kappa shape index (κ2) is 12.4. The molecule has 0 bridgehead atoms. The molecule has 0 heterocycles. The Morgan fingerprint density at radius 1 is 1.26 bits per heavy atom. The summed E-state index contributed by atoms with van der Waals surface area (Å²) in [6.45, 7) is 11.4. The molecule has 0 aliphatic rings. The van der Waals surface area contributed by atoms with Gasteiger partial charge in [0, 0.05) is 45.3 Å². The van der Waals surface area contributed by atoms with Gasteiger partial charge in [0.1, 0.15) is 0 Å². The van der Waals surface area contributed by atoms with E-state index in [0.29, 0.717) is 25.9 Å². The predicted molar refractivity (Wildman–Crippen MR) is 101 cm³/mol. The number of aliphatic imine (C=N–C) groups is 1. The van der Waals surface area contributed by atoms with Gasteiger partial charge in [-0.15, -0.1) is 11.8 Å². The lowest BCUT2D eigenvalue weighted by atomic mass is 9.90. The summed E-state index contributed by atoms with van der Waals surface area (Å²) in [7, 11) is 1.72. The summed E-state index contributed by atoms with van der Waals surface area (Å²) in [6, 6.07) is 0. The Kier molecular flexibility index (Phi) is 11.9. The van der Waals surface area contributed by atoms with E-state index in [1.165, 1.54) is 4.91 Å². The fraction of sp³-hybridized carbons (Fsp3) is 0.765. The number of hydrogen-bond acceptors (Lipinski definition) is 4. The van der Waals surface area contributed by atoms with Crippen LogP contribution in [-0.4, -0.2) is 49.3 Å². The van der Waals surface area contributed by atoms with Crippen LogP contribution in [0.3, 0.4) is 0 Å². The molecule has 0 rings (SSSR count). The number of aliphatic hydroxyl groups is 1. The minimum absolute atomic E-state index is 0.0380. The molecule has 0 radical (unpaired) electrons. The lowest BCUT2D eigenvalue weighted by Crippen LogP contribution is -2.34. The summed E-state index contributed by atoms with van der Waals surface area (Å²) in [6.07, 6.45) is 3.22. The highest BCUT2D eigenvalue weighted by Crippen LogP contribution is 2.19. The molecule has 0 atom stereocenters. The van der Waals surface area contributed by atoms with Crippen molar-refractivity contribution in [3.63, 3.8) is 0 Å². The van der Waals surface area contributed by atoms with E-state index in [9.17, 15) is 9.90 Å². The van der Waals surface area contributed by atoms with Crippen LogP contribution in [0.5, 0.6) is 0 Å². The highest BCUT2D eigenvalue weighted by molar-refractivity contribution is 8.03. The van der Waals surface area contributed by atoms with Gasteiger partial charge >= 0.3 is 0 Å². The first kappa shape index (κ1) is 22.0. The third-order valence-electron chi connectivity index (χ3n) is 3.28. The van der Waals surface area contributed by atoms with Crippen LogP contribution in [0.4, 0.5) is 0 Å². The van der Waals surface area contributed by atoms with Crippen LogP contribution in [0.2, 0.25) is 0 Å². The molecule has 0 aromatic rings. The van der Waals surface area contributed by atoms with Crippen molar-refractivity contribution in [3.05, 3.63) is 11.5 Å². The van der Waals surface area contributed by atoms with Crippen molar-refractivity contribution in [2.24, 2.45) is 10.4 Å². The van der Waals surface area contributed by atoms with Gasteiger partial charge < -0.3 is 15.7 Å². The standard InChI is InChI=1S/C17H33N3O2S/c1-6-7-14(2)23-11-10-20-16(22)8-9-19-15(18-5)12-17(3,4)13-21/h21H,2,6-13H2,1,3-5H3,(H,18,19)(H,20,22). The number of nitrogens with one attached hydrogen (secondary N) is 2. The molecule has 0 aliphatic heterocycles. The normalized spacial score (nSPS) is 12.1. The second-order valence-electron chi connectivity index (χ2n) is 6.33. The Bertz CT molecular complexity index is 395. The number of carbonyl (C=O) groups excluding carboxylic acids is 1. The van der Waals surface area contributed by atoms with E-state index >= 15 is 0 Å². The summed E-state index contributed by atoms with van der Waals surface area (Å²) < 4.78 is 0. The van der Waals surface area contributed by atoms with Crippen molar-refractivity contribution in [1.29, 1.82) is 0 Å². The van der Waals surface area contributed by atoms with Crippen molar-refractivity contribution in [1.82, 2.24) is 10.6 Å². The number of amides is 1. The van der Waals surface area contributed by atoms with Gasteiger partial charge in [-0.1, -0.05) is 33.8 Å². The molecule has 134 valence electrons. The molecule has 0 aromatic carbocycles. The zero-order valence-electron chi connectivity index (χ0n) is 15.1. The van der Waals surface area contributed by atoms with Gasteiger partial charge in [-0.3, -0.25) is 9.79 Å². The SMILES string of the molecule is C=C(CCC)SCCNC(=O)CCNC(CC(C)(C)CO)=NC. The first-order chi connectivity index (χ1) is 10.8. The lowest BCUT2D eigenvalue weighted by Gasteiger charge is -2.22. The third kappa shape index (κ3) is 12.1. The molecule has 0 aliphatic carbocycles. The number of amidine groups is 1. The van der Waals surface area contributed by atoms with Gasteiger partial charge in [0.25, 0.3) is 0 Å². The second-order valence-corrected chi connectivity index (χ2v) is 7.61. The fourth-order valence-electron chi connectivity index (χ4n) is 1.88. The molecule has 6 heteroatoms. The third-order valence-corrected chi connectivity index (χ3v) is 4.30. The Morgan fingerprint density at radius 3 is 2.52 bits per heavy atom. The molecule has 23 heavy (non-hydrogen) atoms. The highest BCUT2D eigenvalue weighted by Gasteiger charge is 2.19. The van der Waals surface area contributed by atoms with Crippen LogP contribution in [0, 0.1) is 5.41 Å². The van der Waals surface area contributed by atoms with E-state index in [4.69, 9.17) is 0 Å². The molecular formula is C17H33N3O2S. The first-order valence-electron chi connectivity index (χ1n) is 8.22. The van der Waals surface area contributed by atoms with Crippen molar-refractivity contribution in [2.75, 3.05) is 32.5 Å². The molecule has 0 saturated carbocycles. The summed E-state index contributed by atoms with van der Waals surface area (Å²) in [5.41, 5.74) is -0.206. The molecule has 0 aromatic heterocycles. The number of rotatable bonds is 12. The Balaban J connectivity index is 3.83. The quantitative estimate of drug-likeness (QED) is 0.289. The summed E-state index contributed by atoms with van der Waals surface area (Å²) >= 11 is 1.72. The topological polar surface area (TPSA) is 73.7 Å². The maximum absolute atomic E-state index is 11.8. The molecule has 0 spiro atoms. The van der Waals surface area contributed by atoms with Crippen molar-refractivity contribution in [2.45, 2.75) is 46.5 Å². The van der Waals surface area contributed by atoms with E-state index in [1.54, 1.807) is 18.8 Å². The Morgan fingerprint density at radius 2 is 1.96 bits per heavy atom. The molecule has 0 fully saturated rings. The maximum Gasteiger partial charge on any atom is 0.221 e. The monoisotopic (exact) mass is 343 g/mol. The highest BCUT2D eigenvalue weighted by atomic mass is 32.2. The summed E-state index contributed by atoms with van der Waals surface area (Å²) in [5, 5.41) is 15.4. The molecule has 5 nitrogen and oxygen atoms in total. The number of carbonyl (C=O) groups is 1. The van der Waals surface area contributed by atoms with Gasteiger partial charge in [-0.25, -0.2) is 0 Å². The van der Waals surface area contributed by atoms with Crippen LogP contribution in [-0.2, 0) is 4.79 Å². The molecule has 0 saturated heterocycles. The maximum atomic E-state index is 11.8. The number of nitrogens with zero attached hydrogens (tertiary/aromatic N) is 1. The zero-order chi connectivity index (χ0) is 17.7. The van der Waals surface area contributed by atoms with Gasteiger partial charge in [-0.2, -0.15) is 0 Å². The fourth-order valence-corrected chi connectivity index (χ4v) is 2.72. The molecule has 1 amide bonds. The number of thioether (sulfide) groups is 1. The first-order valence-corrected chi connectivity index (χ1v) is 9.21.